The molecule has 0 aliphatic carbocycles. The van der Waals surface area contributed by atoms with Crippen molar-refractivity contribution in [2.75, 3.05) is 18.4 Å². The molecule has 26 heavy (non-hydrogen) atoms. The maximum Gasteiger partial charge on any atom is 0.150 e. The molecule has 8 nitrogen and oxygen atoms in total. The number of nitrogens with one attached hydrogen (secondary N) is 2. The van der Waals surface area contributed by atoms with Crippen molar-refractivity contribution in [3.63, 3.8) is 0 Å². The summed E-state index contributed by atoms with van der Waals surface area (Å²) >= 11 is 0. The molecule has 0 unspecified atom stereocenters. The lowest BCUT2D eigenvalue weighted by atomic mass is 9.92. The fraction of sp³-hybridized carbons (Fsp3) is 0.389. The molecule has 1 aliphatic heterocycles. The summed E-state index contributed by atoms with van der Waals surface area (Å²) in [7, 11) is 0. The topological polar surface area (TPSA) is 95.5 Å². The number of aromatic nitrogens is 6. The molecule has 1 fully saturated rings. The molecular weight excluding hydrogens is 328 g/mol. The summed E-state index contributed by atoms with van der Waals surface area (Å²) in [6.07, 6.45) is 15.6. The van der Waals surface area contributed by atoms with Gasteiger partial charge < -0.3 is 10.3 Å². The van der Waals surface area contributed by atoms with Gasteiger partial charge in [-0.3, -0.25) is 14.9 Å². The number of H-pyrrole nitrogens is 1. The van der Waals surface area contributed by atoms with Gasteiger partial charge >= 0.3 is 0 Å². The Morgan fingerprint density at radius 1 is 0.962 bits per heavy atom. The van der Waals surface area contributed by atoms with E-state index >= 15 is 0 Å². The second-order valence-corrected chi connectivity index (χ2v) is 6.61. The van der Waals surface area contributed by atoms with E-state index in [1.165, 1.54) is 18.5 Å². The molecule has 1 aliphatic rings. The number of nitrogens with zero attached hydrogens (tertiary/aromatic N) is 6. The van der Waals surface area contributed by atoms with Crippen LogP contribution < -0.4 is 5.32 Å². The first kappa shape index (κ1) is 16.6. The molecule has 0 radical (unpaired) electrons. The average Bonchev–Trinajstić information content (AvgIpc) is 3.19. The third kappa shape index (κ3) is 4.40. The number of hydrogen-bond donors (Lipinski definition) is 2. The molecule has 3 aromatic heterocycles. The van der Waals surface area contributed by atoms with Gasteiger partial charge in [-0.05, 0) is 38.3 Å². The van der Waals surface area contributed by atoms with Gasteiger partial charge in [0.2, 0.25) is 0 Å². The second kappa shape index (κ2) is 8.01. The zero-order valence-electron chi connectivity index (χ0n) is 14.5. The van der Waals surface area contributed by atoms with Crippen molar-refractivity contribution in [1.82, 2.24) is 34.8 Å². The SMILES string of the molecule is c1cnc(Nc2cnc(CC3CCN(Cc4cnc[nH]4)CC3)cn2)cn1. The fourth-order valence-corrected chi connectivity index (χ4v) is 3.28. The third-order valence-electron chi connectivity index (χ3n) is 4.68. The Bertz CT molecular complexity index is 780. The van der Waals surface area contributed by atoms with Crippen LogP contribution in [-0.2, 0) is 13.0 Å². The number of piperidine rings is 1. The summed E-state index contributed by atoms with van der Waals surface area (Å²) < 4.78 is 0. The Hall–Kier alpha value is -2.87. The highest BCUT2D eigenvalue weighted by Gasteiger charge is 2.20. The summed E-state index contributed by atoms with van der Waals surface area (Å²) in [6, 6.07) is 0. The van der Waals surface area contributed by atoms with Gasteiger partial charge in [-0.2, -0.15) is 0 Å². The highest BCUT2D eigenvalue weighted by atomic mass is 15.1. The molecule has 0 bridgehead atoms. The van der Waals surface area contributed by atoms with Crippen molar-refractivity contribution >= 4 is 11.6 Å². The van der Waals surface area contributed by atoms with Crippen LogP contribution in [0.25, 0.3) is 0 Å². The quantitative estimate of drug-likeness (QED) is 0.703. The summed E-state index contributed by atoms with van der Waals surface area (Å²) in [4.78, 5) is 26.9. The van der Waals surface area contributed by atoms with Crippen LogP contribution in [0, 0.1) is 5.92 Å². The minimum Gasteiger partial charge on any atom is -0.347 e. The zero-order valence-corrected chi connectivity index (χ0v) is 14.5. The predicted octanol–water partition coefficient (Wildman–Crippen LogP) is 2.19. The van der Waals surface area contributed by atoms with Gasteiger partial charge in [-0.1, -0.05) is 0 Å². The van der Waals surface area contributed by atoms with E-state index in [4.69, 9.17) is 0 Å². The molecule has 0 saturated carbocycles. The lowest BCUT2D eigenvalue weighted by molar-refractivity contribution is 0.175. The molecule has 0 atom stereocenters. The Morgan fingerprint density at radius 2 is 1.85 bits per heavy atom. The first-order valence-electron chi connectivity index (χ1n) is 8.89. The molecular formula is C18H22N8. The highest BCUT2D eigenvalue weighted by molar-refractivity contribution is 5.48. The van der Waals surface area contributed by atoms with E-state index in [0.717, 1.165) is 31.7 Å². The molecule has 2 N–H and O–H groups in total. The smallest absolute Gasteiger partial charge is 0.150 e. The van der Waals surface area contributed by atoms with Gasteiger partial charge in [0, 0.05) is 30.8 Å². The van der Waals surface area contributed by atoms with Gasteiger partial charge in [-0.15, -0.1) is 0 Å². The summed E-state index contributed by atoms with van der Waals surface area (Å²) in [6.45, 7) is 3.18. The minimum absolute atomic E-state index is 0.666. The van der Waals surface area contributed by atoms with Crippen LogP contribution in [-0.4, -0.2) is 47.9 Å². The van der Waals surface area contributed by atoms with Crippen LogP contribution in [0.1, 0.15) is 24.2 Å². The number of aromatic amines is 1. The Balaban J connectivity index is 1.26. The predicted molar refractivity (Wildman–Crippen MR) is 97.6 cm³/mol. The van der Waals surface area contributed by atoms with Crippen molar-refractivity contribution in [2.24, 2.45) is 5.92 Å². The van der Waals surface area contributed by atoms with Crippen molar-refractivity contribution in [3.8, 4) is 0 Å². The monoisotopic (exact) mass is 350 g/mol. The van der Waals surface area contributed by atoms with Crippen molar-refractivity contribution < 1.29 is 0 Å². The van der Waals surface area contributed by atoms with Crippen molar-refractivity contribution in [3.05, 3.63) is 54.9 Å². The molecule has 134 valence electrons. The molecule has 4 rings (SSSR count). The average molecular weight is 350 g/mol. The number of rotatable bonds is 6. The lowest BCUT2D eigenvalue weighted by Crippen LogP contribution is -2.34. The summed E-state index contributed by atoms with van der Waals surface area (Å²) in [5.74, 6) is 2.02. The van der Waals surface area contributed by atoms with Crippen LogP contribution in [0.3, 0.4) is 0 Å². The van der Waals surface area contributed by atoms with E-state index < -0.39 is 0 Å². The Labute approximate surface area is 152 Å². The van der Waals surface area contributed by atoms with Gasteiger partial charge in [0.05, 0.1) is 30.6 Å². The fourth-order valence-electron chi connectivity index (χ4n) is 3.28. The molecule has 3 aromatic rings. The van der Waals surface area contributed by atoms with Crippen LogP contribution in [0.15, 0.2) is 43.5 Å². The largest absolute Gasteiger partial charge is 0.347 e. The van der Waals surface area contributed by atoms with Crippen molar-refractivity contribution in [2.45, 2.75) is 25.8 Å². The van der Waals surface area contributed by atoms with Crippen LogP contribution >= 0.6 is 0 Å². The lowest BCUT2D eigenvalue weighted by Gasteiger charge is -2.31. The maximum atomic E-state index is 4.55. The van der Waals surface area contributed by atoms with E-state index in [1.807, 2.05) is 12.4 Å². The first-order valence-corrected chi connectivity index (χ1v) is 8.89. The van der Waals surface area contributed by atoms with Crippen molar-refractivity contribution in [1.29, 1.82) is 0 Å². The number of anilines is 2. The summed E-state index contributed by atoms with van der Waals surface area (Å²) in [5.41, 5.74) is 2.22. The molecule has 0 aromatic carbocycles. The van der Waals surface area contributed by atoms with Crippen LogP contribution in [0.2, 0.25) is 0 Å². The molecule has 4 heterocycles. The first-order chi connectivity index (χ1) is 12.8. The standard InChI is InChI=1S/C18H22N8/c1-5-26(12-16-8-20-13-24-16)6-2-14(1)7-15-9-23-18(11-22-15)25-17-10-19-3-4-21-17/h3-4,8-11,13-14H,1-2,5-7,12H2,(H,20,24)(H,21,23,25). The Morgan fingerprint density at radius 3 is 2.54 bits per heavy atom. The summed E-state index contributed by atoms with van der Waals surface area (Å²) in [5, 5.41) is 3.10. The molecule has 0 amide bonds. The zero-order chi connectivity index (χ0) is 17.6. The third-order valence-corrected chi connectivity index (χ3v) is 4.68. The van der Waals surface area contributed by atoms with E-state index in [0.29, 0.717) is 17.6 Å². The normalized spacial score (nSPS) is 15.8. The minimum atomic E-state index is 0.666. The van der Waals surface area contributed by atoms with Gasteiger partial charge in [0.1, 0.15) is 11.6 Å². The molecule has 0 spiro atoms. The van der Waals surface area contributed by atoms with Gasteiger partial charge in [0.15, 0.2) is 0 Å². The van der Waals surface area contributed by atoms with Crippen LogP contribution in [0.4, 0.5) is 11.6 Å². The maximum absolute atomic E-state index is 4.55. The van der Waals surface area contributed by atoms with E-state index in [-0.39, 0.29) is 0 Å². The molecule has 1 saturated heterocycles. The highest BCUT2D eigenvalue weighted by Crippen LogP contribution is 2.22. The van der Waals surface area contributed by atoms with E-state index in [2.05, 4.69) is 40.1 Å². The van der Waals surface area contributed by atoms with Gasteiger partial charge in [0.25, 0.3) is 0 Å². The van der Waals surface area contributed by atoms with E-state index in [1.54, 1.807) is 31.1 Å². The van der Waals surface area contributed by atoms with Crippen LogP contribution in [0.5, 0.6) is 0 Å². The number of hydrogen-bond acceptors (Lipinski definition) is 7. The molecule has 8 heteroatoms. The number of likely N-dealkylation sites (tertiary alicyclic amines) is 1. The van der Waals surface area contributed by atoms with Gasteiger partial charge in [-0.25, -0.2) is 15.0 Å². The number of imidazole rings is 1. The second-order valence-electron chi connectivity index (χ2n) is 6.61. The Kier molecular flexibility index (Phi) is 5.11. The van der Waals surface area contributed by atoms with E-state index in [9.17, 15) is 0 Å².